The van der Waals surface area contributed by atoms with Crippen LogP contribution in [0.3, 0.4) is 0 Å². The Morgan fingerprint density at radius 2 is 1.83 bits per heavy atom. The van der Waals surface area contributed by atoms with Crippen LogP contribution < -0.4 is 15.4 Å². The molecule has 0 aliphatic heterocycles. The monoisotopic (exact) mass is 491 g/mol. The Hall–Kier alpha value is -4.05. The predicted octanol–water partition coefficient (Wildman–Crippen LogP) is 3.60. The molecule has 0 radical (unpaired) electrons. The van der Waals surface area contributed by atoms with Crippen molar-refractivity contribution in [3.63, 3.8) is 0 Å². The first-order valence-corrected chi connectivity index (χ1v) is 11.9. The number of primary amides is 1. The van der Waals surface area contributed by atoms with E-state index in [9.17, 15) is 9.59 Å². The molecule has 0 spiro atoms. The van der Waals surface area contributed by atoms with Gasteiger partial charge in [-0.05, 0) is 36.4 Å². The van der Waals surface area contributed by atoms with E-state index in [2.05, 4.69) is 10.2 Å². The van der Waals surface area contributed by atoms with Crippen LogP contribution >= 0.6 is 11.8 Å². The van der Waals surface area contributed by atoms with Crippen LogP contribution in [0, 0.1) is 0 Å². The number of amides is 2. The quantitative estimate of drug-likeness (QED) is 0.319. The molecule has 2 N–H and O–H groups in total. The SMILES string of the molecule is COc1ccc(N(CCC(N)=O)C(=O)CSc2nnc(-c3ccccc3)n2Cc2ccco2)cc1. The molecule has 0 aliphatic carbocycles. The van der Waals surface area contributed by atoms with E-state index in [-0.39, 0.29) is 24.6 Å². The molecule has 2 aromatic heterocycles. The lowest BCUT2D eigenvalue weighted by Gasteiger charge is -2.22. The zero-order valence-corrected chi connectivity index (χ0v) is 20.0. The molecule has 0 aliphatic rings. The second-order valence-corrected chi connectivity index (χ2v) is 8.53. The van der Waals surface area contributed by atoms with Crippen molar-refractivity contribution in [1.82, 2.24) is 14.8 Å². The van der Waals surface area contributed by atoms with Crippen LogP contribution in [0.1, 0.15) is 12.2 Å². The Morgan fingerprint density at radius 1 is 1.06 bits per heavy atom. The highest BCUT2D eigenvalue weighted by molar-refractivity contribution is 7.99. The average molecular weight is 492 g/mol. The molecular weight excluding hydrogens is 466 g/mol. The maximum Gasteiger partial charge on any atom is 0.237 e. The van der Waals surface area contributed by atoms with E-state index in [0.29, 0.717) is 29.0 Å². The zero-order valence-electron chi connectivity index (χ0n) is 19.2. The number of aromatic nitrogens is 3. The van der Waals surface area contributed by atoms with Gasteiger partial charge in [-0.15, -0.1) is 10.2 Å². The molecule has 4 rings (SSSR count). The smallest absolute Gasteiger partial charge is 0.237 e. The normalized spacial score (nSPS) is 10.8. The van der Waals surface area contributed by atoms with Crippen LogP contribution in [0.25, 0.3) is 11.4 Å². The highest BCUT2D eigenvalue weighted by Gasteiger charge is 2.21. The molecule has 2 heterocycles. The largest absolute Gasteiger partial charge is 0.497 e. The van der Waals surface area contributed by atoms with Crippen molar-refractivity contribution >= 4 is 29.3 Å². The van der Waals surface area contributed by atoms with Gasteiger partial charge in [0.1, 0.15) is 11.5 Å². The molecule has 2 aromatic carbocycles. The summed E-state index contributed by atoms with van der Waals surface area (Å²) >= 11 is 1.27. The van der Waals surface area contributed by atoms with Crippen LogP contribution in [-0.2, 0) is 16.1 Å². The van der Waals surface area contributed by atoms with Gasteiger partial charge in [0.25, 0.3) is 0 Å². The minimum atomic E-state index is -0.477. The first-order valence-electron chi connectivity index (χ1n) is 10.9. The third-order valence-electron chi connectivity index (χ3n) is 5.23. The fraction of sp³-hybridized carbons (Fsp3) is 0.200. The summed E-state index contributed by atoms with van der Waals surface area (Å²) in [4.78, 5) is 26.2. The second kappa shape index (κ2) is 11.4. The standard InChI is InChI=1S/C25H25N5O4S/c1-33-20-11-9-19(10-12-20)29(14-13-22(26)31)23(32)17-35-25-28-27-24(18-6-3-2-4-7-18)30(25)16-21-8-5-15-34-21/h2-12,15H,13-14,16-17H2,1H3,(H2,26,31). The topological polar surface area (TPSA) is 116 Å². The van der Waals surface area contributed by atoms with Crippen LogP contribution in [0.2, 0.25) is 0 Å². The molecule has 0 fully saturated rings. The lowest BCUT2D eigenvalue weighted by Crippen LogP contribution is -2.35. The van der Waals surface area contributed by atoms with E-state index < -0.39 is 5.91 Å². The highest BCUT2D eigenvalue weighted by Crippen LogP contribution is 2.27. The third-order valence-corrected chi connectivity index (χ3v) is 6.19. The molecule has 9 nitrogen and oxygen atoms in total. The van der Waals surface area contributed by atoms with Crippen molar-refractivity contribution in [2.45, 2.75) is 18.1 Å². The summed E-state index contributed by atoms with van der Waals surface area (Å²) in [7, 11) is 1.57. The van der Waals surface area contributed by atoms with Crippen LogP contribution in [0.15, 0.2) is 82.6 Å². The fourth-order valence-corrected chi connectivity index (χ4v) is 4.30. The molecule has 0 bridgehead atoms. The van der Waals surface area contributed by atoms with Gasteiger partial charge in [0, 0.05) is 24.2 Å². The van der Waals surface area contributed by atoms with Crippen molar-refractivity contribution < 1.29 is 18.7 Å². The number of hydrogen-bond donors (Lipinski definition) is 1. The summed E-state index contributed by atoms with van der Waals surface area (Å²) in [6, 6.07) is 20.5. The van der Waals surface area contributed by atoms with Gasteiger partial charge in [-0.25, -0.2) is 0 Å². The fourth-order valence-electron chi connectivity index (χ4n) is 3.48. The van der Waals surface area contributed by atoms with Crippen molar-refractivity contribution in [3.05, 3.63) is 78.8 Å². The molecule has 10 heteroatoms. The number of hydrogen-bond acceptors (Lipinski definition) is 7. The van der Waals surface area contributed by atoms with Crippen molar-refractivity contribution in [1.29, 1.82) is 0 Å². The maximum absolute atomic E-state index is 13.2. The number of ether oxygens (including phenoxy) is 1. The van der Waals surface area contributed by atoms with E-state index >= 15 is 0 Å². The molecule has 0 saturated carbocycles. The van der Waals surface area contributed by atoms with Crippen LogP contribution in [-0.4, -0.2) is 46.0 Å². The summed E-state index contributed by atoms with van der Waals surface area (Å²) < 4.78 is 12.7. The lowest BCUT2D eigenvalue weighted by atomic mass is 10.2. The molecular formula is C25H25N5O4S. The number of furan rings is 1. The van der Waals surface area contributed by atoms with E-state index in [1.165, 1.54) is 11.8 Å². The number of nitrogens with zero attached hydrogens (tertiary/aromatic N) is 4. The van der Waals surface area contributed by atoms with Gasteiger partial charge in [0.2, 0.25) is 11.8 Å². The summed E-state index contributed by atoms with van der Waals surface area (Å²) in [5.74, 6) is 1.53. The summed E-state index contributed by atoms with van der Waals surface area (Å²) in [5, 5.41) is 9.31. The number of methoxy groups -OCH3 is 1. The first-order chi connectivity index (χ1) is 17.0. The van der Waals surface area contributed by atoms with Crippen LogP contribution in [0.5, 0.6) is 5.75 Å². The number of anilines is 1. The minimum Gasteiger partial charge on any atom is -0.497 e. The summed E-state index contributed by atoms with van der Waals surface area (Å²) in [6.07, 6.45) is 1.67. The van der Waals surface area contributed by atoms with Gasteiger partial charge in [-0.2, -0.15) is 0 Å². The van der Waals surface area contributed by atoms with Gasteiger partial charge >= 0.3 is 0 Å². The molecule has 180 valence electrons. The Kier molecular flexibility index (Phi) is 7.84. The Labute approximate surface area is 206 Å². The molecule has 2 amide bonds. The average Bonchev–Trinajstić information content (AvgIpc) is 3.54. The van der Waals surface area contributed by atoms with Gasteiger partial charge in [0.05, 0.1) is 25.7 Å². The number of rotatable bonds is 11. The number of thioether (sulfide) groups is 1. The van der Waals surface area contributed by atoms with Crippen molar-refractivity contribution in [2.75, 3.05) is 24.3 Å². The summed E-state index contributed by atoms with van der Waals surface area (Å²) in [5.41, 5.74) is 6.90. The lowest BCUT2D eigenvalue weighted by molar-refractivity contribution is -0.118. The van der Waals surface area contributed by atoms with Crippen LogP contribution in [0.4, 0.5) is 5.69 Å². The Morgan fingerprint density at radius 3 is 2.49 bits per heavy atom. The predicted molar refractivity (Wildman–Crippen MR) is 133 cm³/mol. The second-order valence-electron chi connectivity index (χ2n) is 7.59. The van der Waals surface area contributed by atoms with Gasteiger partial charge in [-0.3, -0.25) is 14.2 Å². The van der Waals surface area contributed by atoms with Gasteiger partial charge in [-0.1, -0.05) is 42.1 Å². The molecule has 0 saturated heterocycles. The maximum atomic E-state index is 13.2. The third kappa shape index (κ3) is 6.10. The van der Waals surface area contributed by atoms with Crippen molar-refractivity contribution in [2.24, 2.45) is 5.73 Å². The molecule has 4 aromatic rings. The number of carbonyl (C=O) groups excluding carboxylic acids is 2. The van der Waals surface area contributed by atoms with Crippen molar-refractivity contribution in [3.8, 4) is 17.1 Å². The zero-order chi connectivity index (χ0) is 24.6. The molecule has 0 atom stereocenters. The van der Waals surface area contributed by atoms with E-state index in [1.807, 2.05) is 47.0 Å². The number of nitrogens with two attached hydrogens (primary N) is 1. The van der Waals surface area contributed by atoms with E-state index in [4.69, 9.17) is 14.9 Å². The van der Waals surface area contributed by atoms with E-state index in [0.717, 1.165) is 11.3 Å². The molecule has 0 unspecified atom stereocenters. The Bertz CT molecular complexity index is 1260. The van der Waals surface area contributed by atoms with Gasteiger partial charge < -0.3 is 19.8 Å². The number of benzene rings is 2. The van der Waals surface area contributed by atoms with Gasteiger partial charge in [0.15, 0.2) is 11.0 Å². The highest BCUT2D eigenvalue weighted by atomic mass is 32.2. The molecule has 35 heavy (non-hydrogen) atoms. The Balaban J connectivity index is 1.55. The number of carbonyl (C=O) groups is 2. The first kappa shape index (κ1) is 24.1. The minimum absolute atomic E-state index is 0.0509. The summed E-state index contributed by atoms with van der Waals surface area (Å²) in [6.45, 7) is 0.597. The van der Waals surface area contributed by atoms with E-state index in [1.54, 1.807) is 42.5 Å².